The summed E-state index contributed by atoms with van der Waals surface area (Å²) in [5, 5.41) is 9.71. The summed E-state index contributed by atoms with van der Waals surface area (Å²) in [6.07, 6.45) is -0.541. The van der Waals surface area contributed by atoms with E-state index in [-0.39, 0.29) is 11.9 Å². The van der Waals surface area contributed by atoms with E-state index in [4.69, 9.17) is 21.4 Å². The van der Waals surface area contributed by atoms with Crippen molar-refractivity contribution in [2.75, 3.05) is 19.6 Å². The van der Waals surface area contributed by atoms with Gasteiger partial charge in [0, 0.05) is 42.8 Å². The van der Waals surface area contributed by atoms with Crippen LogP contribution >= 0.6 is 11.6 Å². The second-order valence-electron chi connectivity index (χ2n) is 7.68. The number of ether oxygens (including phenoxy) is 1. The van der Waals surface area contributed by atoms with Crippen LogP contribution in [0, 0.1) is 0 Å². The molecule has 160 valence electrons. The molecule has 3 rings (SSSR count). The van der Waals surface area contributed by atoms with Gasteiger partial charge in [-0.2, -0.15) is 0 Å². The molecule has 6 nitrogen and oxygen atoms in total. The number of amides is 1. The summed E-state index contributed by atoms with van der Waals surface area (Å²) < 4.78 is 5.61. The molecule has 0 aromatic heterocycles. The Labute approximate surface area is 182 Å². The van der Waals surface area contributed by atoms with Gasteiger partial charge < -0.3 is 14.7 Å². The largest absolute Gasteiger partial charge is 0.479 e. The number of halogens is 1. The topological polar surface area (TPSA) is 70.1 Å². The van der Waals surface area contributed by atoms with Gasteiger partial charge in [-0.15, -0.1) is 0 Å². The fraction of sp³-hybridized carbons (Fsp3) is 0.391. The number of nitrogens with zero attached hydrogens (tertiary/aromatic N) is 2. The zero-order chi connectivity index (χ0) is 21.7. The smallest absolute Gasteiger partial charge is 0.344 e. The first-order valence-electron chi connectivity index (χ1n) is 10.1. The van der Waals surface area contributed by atoms with E-state index < -0.39 is 12.1 Å². The predicted molar refractivity (Wildman–Crippen MR) is 116 cm³/mol. The molecule has 7 heteroatoms. The van der Waals surface area contributed by atoms with Crippen LogP contribution in [-0.2, 0) is 22.6 Å². The summed E-state index contributed by atoms with van der Waals surface area (Å²) in [5.41, 5.74) is 1.86. The molecule has 30 heavy (non-hydrogen) atoms. The Hall–Kier alpha value is -2.57. The summed E-state index contributed by atoms with van der Waals surface area (Å²) in [7, 11) is 0. The lowest BCUT2D eigenvalue weighted by Crippen LogP contribution is -2.54. The van der Waals surface area contributed by atoms with E-state index in [0.717, 1.165) is 24.2 Å². The molecule has 1 heterocycles. The standard InChI is InChI=1S/C23H27ClN2O4/c1-16-14-25(10-11-26(16)22(27)12-18-6-4-3-5-7-18)15-19-13-20(24)8-9-21(19)30-17(2)23(28)29/h3-9,13,16-17H,10-12,14-15H2,1-2H3,(H,28,29)/t16-,17-/m0/s1. The van der Waals surface area contributed by atoms with Crippen LogP contribution in [0.2, 0.25) is 5.02 Å². The van der Waals surface area contributed by atoms with Crippen molar-refractivity contribution in [3.8, 4) is 5.75 Å². The molecule has 1 aliphatic rings. The van der Waals surface area contributed by atoms with Gasteiger partial charge in [0.2, 0.25) is 5.91 Å². The molecule has 0 aliphatic carbocycles. The van der Waals surface area contributed by atoms with Crippen LogP contribution in [0.15, 0.2) is 48.5 Å². The van der Waals surface area contributed by atoms with Crippen molar-refractivity contribution in [3.05, 3.63) is 64.7 Å². The normalized spacial score (nSPS) is 18.1. The summed E-state index contributed by atoms with van der Waals surface area (Å²) in [6, 6.07) is 15.1. The third kappa shape index (κ3) is 5.74. The van der Waals surface area contributed by atoms with Gasteiger partial charge in [-0.1, -0.05) is 41.9 Å². The number of carboxylic acid groups (broad SMARTS) is 1. The number of hydrogen-bond donors (Lipinski definition) is 1. The highest BCUT2D eigenvalue weighted by atomic mass is 35.5. The molecule has 1 saturated heterocycles. The molecular weight excluding hydrogens is 404 g/mol. The number of carbonyl (C=O) groups excluding carboxylic acids is 1. The molecule has 1 aliphatic heterocycles. The van der Waals surface area contributed by atoms with E-state index in [2.05, 4.69) is 11.8 Å². The number of rotatable bonds is 7. The van der Waals surface area contributed by atoms with Crippen molar-refractivity contribution in [3.63, 3.8) is 0 Å². The summed E-state index contributed by atoms with van der Waals surface area (Å²) in [5.74, 6) is -0.366. The molecule has 1 N–H and O–H groups in total. The van der Waals surface area contributed by atoms with E-state index in [0.29, 0.717) is 30.3 Å². The summed E-state index contributed by atoms with van der Waals surface area (Å²) in [4.78, 5) is 28.1. The second-order valence-corrected chi connectivity index (χ2v) is 8.12. The number of hydrogen-bond acceptors (Lipinski definition) is 4. The van der Waals surface area contributed by atoms with E-state index in [1.165, 1.54) is 6.92 Å². The summed E-state index contributed by atoms with van der Waals surface area (Å²) >= 11 is 6.16. The molecule has 0 saturated carbocycles. The maximum atomic E-state index is 12.7. The molecule has 2 aromatic carbocycles. The molecule has 2 aromatic rings. The molecule has 0 radical (unpaired) electrons. The van der Waals surface area contributed by atoms with E-state index in [1.807, 2.05) is 41.3 Å². The van der Waals surface area contributed by atoms with Crippen LogP contribution in [-0.4, -0.2) is 58.6 Å². The molecule has 1 fully saturated rings. The molecule has 2 atom stereocenters. The van der Waals surface area contributed by atoms with Crippen LogP contribution in [0.1, 0.15) is 25.0 Å². The van der Waals surface area contributed by atoms with Crippen LogP contribution in [0.5, 0.6) is 5.75 Å². The van der Waals surface area contributed by atoms with Crippen molar-refractivity contribution in [1.82, 2.24) is 9.80 Å². The molecule has 0 unspecified atom stereocenters. The van der Waals surface area contributed by atoms with Gasteiger partial charge in [0.1, 0.15) is 5.75 Å². The average molecular weight is 431 g/mol. The first-order valence-corrected chi connectivity index (χ1v) is 10.4. The monoisotopic (exact) mass is 430 g/mol. The van der Waals surface area contributed by atoms with Gasteiger partial charge in [-0.25, -0.2) is 4.79 Å². The van der Waals surface area contributed by atoms with Crippen LogP contribution in [0.25, 0.3) is 0 Å². The average Bonchev–Trinajstić information content (AvgIpc) is 2.70. The second kappa shape index (κ2) is 9.96. The van der Waals surface area contributed by atoms with Crippen LogP contribution in [0.3, 0.4) is 0 Å². The van der Waals surface area contributed by atoms with E-state index in [1.54, 1.807) is 12.1 Å². The molecular formula is C23H27ClN2O4. The first-order chi connectivity index (χ1) is 14.3. The lowest BCUT2D eigenvalue weighted by Gasteiger charge is -2.40. The molecule has 0 bridgehead atoms. The third-order valence-corrected chi connectivity index (χ3v) is 5.53. The molecule has 1 amide bonds. The first kappa shape index (κ1) is 22.1. The SMILES string of the molecule is C[C@H](Oc1ccc(Cl)cc1CN1CCN(C(=O)Cc2ccccc2)[C@@H](C)C1)C(=O)O. The van der Waals surface area contributed by atoms with Gasteiger partial charge in [0.25, 0.3) is 0 Å². The summed E-state index contributed by atoms with van der Waals surface area (Å²) in [6.45, 7) is 6.23. The zero-order valence-electron chi connectivity index (χ0n) is 17.3. The van der Waals surface area contributed by atoms with E-state index in [9.17, 15) is 9.59 Å². The minimum Gasteiger partial charge on any atom is -0.479 e. The Bertz CT molecular complexity index is 890. The minimum atomic E-state index is -1.02. The molecule has 0 spiro atoms. The predicted octanol–water partition coefficient (Wildman–Crippen LogP) is 3.47. The Morgan fingerprint density at radius 1 is 1.20 bits per heavy atom. The Morgan fingerprint density at radius 2 is 1.93 bits per heavy atom. The Balaban J connectivity index is 1.63. The fourth-order valence-corrected chi connectivity index (χ4v) is 3.88. The maximum absolute atomic E-state index is 12.7. The van der Waals surface area contributed by atoms with E-state index >= 15 is 0 Å². The number of carboxylic acids is 1. The highest BCUT2D eigenvalue weighted by molar-refractivity contribution is 6.30. The van der Waals surface area contributed by atoms with Gasteiger partial charge >= 0.3 is 5.97 Å². The van der Waals surface area contributed by atoms with Crippen molar-refractivity contribution in [1.29, 1.82) is 0 Å². The Morgan fingerprint density at radius 3 is 2.60 bits per heavy atom. The van der Waals surface area contributed by atoms with Crippen molar-refractivity contribution >= 4 is 23.5 Å². The fourth-order valence-electron chi connectivity index (χ4n) is 3.69. The van der Waals surface area contributed by atoms with Crippen molar-refractivity contribution in [2.45, 2.75) is 39.0 Å². The Kier molecular flexibility index (Phi) is 7.34. The lowest BCUT2D eigenvalue weighted by atomic mass is 10.1. The number of piperazine rings is 1. The highest BCUT2D eigenvalue weighted by Crippen LogP contribution is 2.26. The van der Waals surface area contributed by atoms with Crippen LogP contribution in [0.4, 0.5) is 0 Å². The van der Waals surface area contributed by atoms with Crippen molar-refractivity contribution < 1.29 is 19.4 Å². The minimum absolute atomic E-state index is 0.0801. The van der Waals surface area contributed by atoms with Crippen LogP contribution < -0.4 is 4.74 Å². The van der Waals surface area contributed by atoms with Crippen molar-refractivity contribution in [2.24, 2.45) is 0 Å². The highest BCUT2D eigenvalue weighted by Gasteiger charge is 2.28. The van der Waals surface area contributed by atoms with Gasteiger partial charge in [-0.3, -0.25) is 9.69 Å². The van der Waals surface area contributed by atoms with Gasteiger partial charge in [-0.05, 0) is 37.6 Å². The van der Waals surface area contributed by atoms with Gasteiger partial charge in [0.05, 0.1) is 6.42 Å². The number of carbonyl (C=O) groups is 2. The van der Waals surface area contributed by atoms with Gasteiger partial charge in [0.15, 0.2) is 6.10 Å². The third-order valence-electron chi connectivity index (χ3n) is 5.30. The number of benzene rings is 2. The lowest BCUT2D eigenvalue weighted by molar-refractivity contribution is -0.144. The zero-order valence-corrected chi connectivity index (χ0v) is 18.0. The number of aliphatic carboxylic acids is 1. The maximum Gasteiger partial charge on any atom is 0.344 e. The quantitative estimate of drug-likeness (QED) is 0.728.